The van der Waals surface area contributed by atoms with Crippen molar-refractivity contribution < 1.29 is 19.1 Å². The standard InChI is InChI=1S/C26H34N2O4/c1-17-9-11-19(3)23(13-17)31-15-25(29)27-21-7-5-6-8-22(21)28-26(30)16-32-24-14-18(2)10-12-20(24)4/h9-14,21-22H,5-8,15-16H2,1-4H3,(H,27,29)(H,28,30). The van der Waals surface area contributed by atoms with Crippen LogP contribution in [0.1, 0.15) is 47.9 Å². The van der Waals surface area contributed by atoms with Crippen LogP contribution in [0.3, 0.4) is 0 Å². The van der Waals surface area contributed by atoms with Crippen LogP contribution in [0.25, 0.3) is 0 Å². The van der Waals surface area contributed by atoms with E-state index in [0.29, 0.717) is 0 Å². The first kappa shape index (κ1) is 23.6. The normalized spacial score (nSPS) is 18.0. The van der Waals surface area contributed by atoms with Crippen molar-refractivity contribution in [2.45, 2.75) is 65.5 Å². The fourth-order valence-electron chi connectivity index (χ4n) is 3.99. The Balaban J connectivity index is 1.50. The van der Waals surface area contributed by atoms with Gasteiger partial charge in [-0.2, -0.15) is 0 Å². The molecule has 2 aromatic rings. The van der Waals surface area contributed by atoms with Crippen LogP contribution in [0.4, 0.5) is 0 Å². The highest BCUT2D eigenvalue weighted by molar-refractivity contribution is 5.79. The molecule has 1 saturated carbocycles. The van der Waals surface area contributed by atoms with Crippen molar-refractivity contribution >= 4 is 11.8 Å². The van der Waals surface area contributed by atoms with Crippen molar-refractivity contribution in [1.82, 2.24) is 10.6 Å². The molecule has 0 spiro atoms. The summed E-state index contributed by atoms with van der Waals surface area (Å²) in [6.45, 7) is 7.81. The molecule has 0 radical (unpaired) electrons. The summed E-state index contributed by atoms with van der Waals surface area (Å²) in [5.74, 6) is 1.09. The molecule has 2 atom stereocenters. The van der Waals surface area contributed by atoms with Gasteiger partial charge < -0.3 is 20.1 Å². The molecular formula is C26H34N2O4. The largest absolute Gasteiger partial charge is 0.483 e. The summed E-state index contributed by atoms with van der Waals surface area (Å²) in [6.07, 6.45) is 3.71. The van der Waals surface area contributed by atoms with Crippen LogP contribution in [-0.4, -0.2) is 37.1 Å². The number of nitrogens with one attached hydrogen (secondary N) is 2. The Morgan fingerprint density at radius 1 is 0.750 bits per heavy atom. The van der Waals surface area contributed by atoms with Crippen LogP contribution >= 0.6 is 0 Å². The number of aryl methyl sites for hydroxylation is 4. The highest BCUT2D eigenvalue weighted by Crippen LogP contribution is 2.21. The summed E-state index contributed by atoms with van der Waals surface area (Å²) < 4.78 is 11.5. The average Bonchev–Trinajstić information content (AvgIpc) is 2.76. The zero-order valence-corrected chi connectivity index (χ0v) is 19.5. The predicted octanol–water partition coefficient (Wildman–Crippen LogP) is 3.92. The van der Waals surface area contributed by atoms with Gasteiger partial charge in [0, 0.05) is 12.1 Å². The molecule has 1 aliphatic rings. The number of rotatable bonds is 8. The van der Waals surface area contributed by atoms with E-state index in [0.717, 1.165) is 59.4 Å². The van der Waals surface area contributed by atoms with Gasteiger partial charge in [-0.15, -0.1) is 0 Å². The van der Waals surface area contributed by atoms with E-state index < -0.39 is 0 Å². The van der Waals surface area contributed by atoms with E-state index in [2.05, 4.69) is 10.6 Å². The average molecular weight is 439 g/mol. The predicted molar refractivity (Wildman–Crippen MR) is 125 cm³/mol. The molecule has 1 aliphatic carbocycles. The zero-order chi connectivity index (χ0) is 23.1. The second-order valence-electron chi connectivity index (χ2n) is 8.75. The lowest BCUT2D eigenvalue weighted by Gasteiger charge is -2.32. The lowest BCUT2D eigenvalue weighted by atomic mass is 9.90. The molecule has 0 bridgehead atoms. The molecule has 0 aromatic heterocycles. The fourth-order valence-corrected chi connectivity index (χ4v) is 3.99. The molecule has 1 fully saturated rings. The van der Waals surface area contributed by atoms with E-state index in [9.17, 15) is 9.59 Å². The Bertz CT molecular complexity index is 879. The van der Waals surface area contributed by atoms with E-state index in [-0.39, 0.29) is 37.1 Å². The summed E-state index contributed by atoms with van der Waals surface area (Å²) >= 11 is 0. The summed E-state index contributed by atoms with van der Waals surface area (Å²) in [5, 5.41) is 6.10. The Morgan fingerprint density at radius 3 is 1.56 bits per heavy atom. The lowest BCUT2D eigenvalue weighted by Crippen LogP contribution is -2.54. The molecule has 3 rings (SSSR count). The number of hydrogen-bond acceptors (Lipinski definition) is 4. The van der Waals surface area contributed by atoms with Gasteiger partial charge in [-0.3, -0.25) is 9.59 Å². The SMILES string of the molecule is Cc1ccc(C)c(OCC(=O)NC2CCCCC2NC(=O)COc2cc(C)ccc2C)c1. The van der Waals surface area contributed by atoms with Gasteiger partial charge in [-0.25, -0.2) is 0 Å². The van der Waals surface area contributed by atoms with Crippen molar-refractivity contribution in [3.8, 4) is 11.5 Å². The van der Waals surface area contributed by atoms with Crippen LogP contribution in [0, 0.1) is 27.7 Å². The maximum atomic E-state index is 12.5. The fraction of sp³-hybridized carbons (Fsp3) is 0.462. The lowest BCUT2D eigenvalue weighted by molar-refractivity contribution is -0.127. The van der Waals surface area contributed by atoms with Crippen molar-refractivity contribution in [3.63, 3.8) is 0 Å². The topological polar surface area (TPSA) is 76.7 Å². The third-order valence-corrected chi connectivity index (χ3v) is 5.86. The van der Waals surface area contributed by atoms with Crippen molar-refractivity contribution in [2.75, 3.05) is 13.2 Å². The minimum atomic E-state index is -0.177. The van der Waals surface area contributed by atoms with Crippen molar-refractivity contribution in [1.29, 1.82) is 0 Å². The number of amides is 2. The van der Waals surface area contributed by atoms with E-state index in [1.165, 1.54) is 0 Å². The molecule has 172 valence electrons. The smallest absolute Gasteiger partial charge is 0.258 e. The molecule has 0 aliphatic heterocycles. The Hall–Kier alpha value is -3.02. The van der Waals surface area contributed by atoms with Gasteiger partial charge >= 0.3 is 0 Å². The van der Waals surface area contributed by atoms with Gasteiger partial charge in [0.15, 0.2) is 13.2 Å². The molecule has 2 aromatic carbocycles. The number of carbonyl (C=O) groups excluding carboxylic acids is 2. The number of hydrogen-bond donors (Lipinski definition) is 2. The van der Waals surface area contributed by atoms with E-state index in [1.54, 1.807) is 0 Å². The first-order valence-corrected chi connectivity index (χ1v) is 11.3. The molecule has 2 N–H and O–H groups in total. The molecular weight excluding hydrogens is 404 g/mol. The molecule has 32 heavy (non-hydrogen) atoms. The third-order valence-electron chi connectivity index (χ3n) is 5.86. The molecule has 0 saturated heterocycles. The number of ether oxygens (including phenoxy) is 2. The van der Waals surface area contributed by atoms with E-state index in [4.69, 9.17) is 9.47 Å². The third kappa shape index (κ3) is 6.74. The summed E-state index contributed by atoms with van der Waals surface area (Å²) in [4.78, 5) is 25.0. The maximum absolute atomic E-state index is 12.5. The van der Waals surface area contributed by atoms with Crippen LogP contribution in [-0.2, 0) is 9.59 Å². The van der Waals surface area contributed by atoms with Gasteiger partial charge in [0.25, 0.3) is 11.8 Å². The van der Waals surface area contributed by atoms with Gasteiger partial charge in [0.1, 0.15) is 11.5 Å². The van der Waals surface area contributed by atoms with Gasteiger partial charge in [0.2, 0.25) is 0 Å². The number of benzene rings is 2. The van der Waals surface area contributed by atoms with E-state index in [1.807, 2.05) is 64.1 Å². The Labute approximate surface area is 190 Å². The highest BCUT2D eigenvalue weighted by atomic mass is 16.5. The molecule has 2 unspecified atom stereocenters. The van der Waals surface area contributed by atoms with Crippen molar-refractivity contribution in [3.05, 3.63) is 58.7 Å². The maximum Gasteiger partial charge on any atom is 0.258 e. The molecule has 6 heteroatoms. The highest BCUT2D eigenvalue weighted by Gasteiger charge is 2.28. The summed E-state index contributed by atoms with van der Waals surface area (Å²) in [5.41, 5.74) is 4.17. The second-order valence-corrected chi connectivity index (χ2v) is 8.75. The van der Waals surface area contributed by atoms with Crippen LogP contribution < -0.4 is 20.1 Å². The van der Waals surface area contributed by atoms with Gasteiger partial charge in [-0.1, -0.05) is 37.1 Å². The second kappa shape index (κ2) is 11.0. The minimum Gasteiger partial charge on any atom is -0.483 e. The van der Waals surface area contributed by atoms with Crippen LogP contribution in [0.5, 0.6) is 11.5 Å². The quantitative estimate of drug-likeness (QED) is 0.655. The molecule has 2 amide bonds. The van der Waals surface area contributed by atoms with Gasteiger partial charge in [-0.05, 0) is 74.9 Å². The first-order chi connectivity index (χ1) is 15.3. The monoisotopic (exact) mass is 438 g/mol. The Morgan fingerprint density at radius 2 is 1.16 bits per heavy atom. The summed E-state index contributed by atoms with van der Waals surface area (Å²) in [7, 11) is 0. The molecule has 6 nitrogen and oxygen atoms in total. The molecule has 0 heterocycles. The van der Waals surface area contributed by atoms with Crippen LogP contribution in [0.2, 0.25) is 0 Å². The van der Waals surface area contributed by atoms with E-state index >= 15 is 0 Å². The first-order valence-electron chi connectivity index (χ1n) is 11.3. The zero-order valence-electron chi connectivity index (χ0n) is 19.5. The Kier molecular flexibility index (Phi) is 8.14. The number of carbonyl (C=O) groups is 2. The van der Waals surface area contributed by atoms with Crippen LogP contribution in [0.15, 0.2) is 36.4 Å². The van der Waals surface area contributed by atoms with Crippen molar-refractivity contribution in [2.24, 2.45) is 0 Å². The van der Waals surface area contributed by atoms with Gasteiger partial charge in [0.05, 0.1) is 0 Å². The minimum absolute atomic E-state index is 0.0444. The summed E-state index contributed by atoms with van der Waals surface area (Å²) in [6, 6.07) is 11.6.